The SMILES string of the molecule is C=CCCCO[C@H]1C[C@@H]2OC(=O)[C@]2(COCc2ccccc2)O1. The number of ether oxygens (including phenoxy) is 4. The Labute approximate surface area is 136 Å². The summed E-state index contributed by atoms with van der Waals surface area (Å²) in [5, 5.41) is 0. The summed E-state index contributed by atoms with van der Waals surface area (Å²) in [6.45, 7) is 4.89. The lowest BCUT2D eigenvalue weighted by atomic mass is 9.92. The Bertz CT molecular complexity index is 544. The predicted molar refractivity (Wildman–Crippen MR) is 83.6 cm³/mol. The van der Waals surface area contributed by atoms with E-state index >= 15 is 0 Å². The van der Waals surface area contributed by atoms with Crippen LogP contribution in [0.3, 0.4) is 0 Å². The van der Waals surface area contributed by atoms with E-state index in [4.69, 9.17) is 18.9 Å². The molecule has 23 heavy (non-hydrogen) atoms. The Morgan fingerprint density at radius 2 is 2.17 bits per heavy atom. The Balaban J connectivity index is 1.48. The molecule has 3 atom stereocenters. The zero-order chi connectivity index (χ0) is 16.1. The number of fused-ring (bicyclic) bond motifs is 1. The van der Waals surface area contributed by atoms with Gasteiger partial charge in [-0.3, -0.25) is 0 Å². The number of allylic oxidation sites excluding steroid dienone is 1. The van der Waals surface area contributed by atoms with Crippen LogP contribution in [0, 0.1) is 0 Å². The van der Waals surface area contributed by atoms with E-state index in [-0.39, 0.29) is 18.7 Å². The smallest absolute Gasteiger partial charge is 0.345 e. The molecule has 2 fully saturated rings. The molecule has 0 unspecified atom stereocenters. The van der Waals surface area contributed by atoms with Gasteiger partial charge in [-0.15, -0.1) is 6.58 Å². The molecule has 0 saturated carbocycles. The van der Waals surface area contributed by atoms with Gasteiger partial charge in [-0.05, 0) is 18.4 Å². The van der Waals surface area contributed by atoms with Crippen molar-refractivity contribution in [3.8, 4) is 0 Å². The summed E-state index contributed by atoms with van der Waals surface area (Å²) in [7, 11) is 0. The Hall–Kier alpha value is -1.69. The summed E-state index contributed by atoms with van der Waals surface area (Å²) in [6, 6.07) is 9.83. The maximum Gasteiger partial charge on any atom is 0.345 e. The van der Waals surface area contributed by atoms with Gasteiger partial charge in [0.1, 0.15) is 6.10 Å². The standard InChI is InChI=1S/C18H22O5/c1-2-3-7-10-21-16-11-15-18(23-16,17(19)22-15)13-20-12-14-8-5-4-6-9-14/h2,4-6,8-9,15-16H,1,3,7,10-13H2/t15-,16+,18+/m0/s1. The van der Waals surface area contributed by atoms with E-state index in [1.165, 1.54) is 0 Å². The van der Waals surface area contributed by atoms with Gasteiger partial charge in [0, 0.05) is 6.42 Å². The number of esters is 1. The second kappa shape index (κ2) is 7.25. The second-order valence-electron chi connectivity index (χ2n) is 5.85. The molecule has 0 radical (unpaired) electrons. The minimum Gasteiger partial charge on any atom is -0.456 e. The summed E-state index contributed by atoms with van der Waals surface area (Å²) in [5.41, 5.74) is 0.0705. The average molecular weight is 318 g/mol. The number of hydrogen-bond acceptors (Lipinski definition) is 5. The van der Waals surface area contributed by atoms with E-state index in [9.17, 15) is 4.79 Å². The number of benzene rings is 1. The van der Waals surface area contributed by atoms with Crippen LogP contribution in [0.4, 0.5) is 0 Å². The molecule has 5 nitrogen and oxygen atoms in total. The first kappa shape index (κ1) is 16.2. The van der Waals surface area contributed by atoms with Crippen molar-refractivity contribution in [1.82, 2.24) is 0 Å². The number of hydrogen-bond donors (Lipinski definition) is 0. The largest absolute Gasteiger partial charge is 0.456 e. The van der Waals surface area contributed by atoms with Crippen molar-refractivity contribution in [3.63, 3.8) is 0 Å². The summed E-state index contributed by atoms with van der Waals surface area (Å²) >= 11 is 0. The Morgan fingerprint density at radius 3 is 2.91 bits per heavy atom. The lowest BCUT2D eigenvalue weighted by Gasteiger charge is -2.39. The zero-order valence-electron chi connectivity index (χ0n) is 13.1. The molecule has 0 aliphatic carbocycles. The molecule has 2 saturated heterocycles. The van der Waals surface area contributed by atoms with Crippen LogP contribution in [0.2, 0.25) is 0 Å². The van der Waals surface area contributed by atoms with Crippen molar-refractivity contribution in [2.75, 3.05) is 13.2 Å². The first-order valence-corrected chi connectivity index (χ1v) is 7.97. The van der Waals surface area contributed by atoms with Gasteiger partial charge in [0.15, 0.2) is 6.29 Å². The van der Waals surface area contributed by atoms with E-state index in [2.05, 4.69) is 6.58 Å². The van der Waals surface area contributed by atoms with Crippen molar-refractivity contribution in [2.45, 2.75) is 43.9 Å². The maximum atomic E-state index is 11.9. The highest BCUT2D eigenvalue weighted by Gasteiger charge is 2.66. The fourth-order valence-corrected chi connectivity index (χ4v) is 2.84. The number of carbonyl (C=O) groups excluding carboxylic acids is 1. The highest BCUT2D eigenvalue weighted by molar-refractivity contribution is 5.87. The third-order valence-electron chi connectivity index (χ3n) is 4.15. The Morgan fingerprint density at radius 1 is 1.35 bits per heavy atom. The highest BCUT2D eigenvalue weighted by atomic mass is 16.7. The molecule has 124 valence electrons. The van der Waals surface area contributed by atoms with Gasteiger partial charge >= 0.3 is 5.97 Å². The molecule has 3 rings (SSSR count). The molecule has 2 aliphatic heterocycles. The van der Waals surface area contributed by atoms with Gasteiger partial charge in [-0.1, -0.05) is 36.4 Å². The van der Waals surface area contributed by atoms with Gasteiger partial charge in [-0.2, -0.15) is 0 Å². The molecule has 0 amide bonds. The molecule has 5 heteroatoms. The van der Waals surface area contributed by atoms with Crippen molar-refractivity contribution < 1.29 is 23.7 Å². The first-order chi connectivity index (χ1) is 11.2. The third-order valence-corrected chi connectivity index (χ3v) is 4.15. The number of carbonyl (C=O) groups is 1. The quantitative estimate of drug-likeness (QED) is 0.398. The molecular formula is C18H22O5. The van der Waals surface area contributed by atoms with Gasteiger partial charge in [0.2, 0.25) is 5.60 Å². The monoisotopic (exact) mass is 318 g/mol. The highest BCUT2D eigenvalue weighted by Crippen LogP contribution is 2.42. The lowest BCUT2D eigenvalue weighted by molar-refractivity contribution is -0.250. The molecular weight excluding hydrogens is 296 g/mol. The van der Waals surface area contributed by atoms with E-state index in [0.717, 1.165) is 18.4 Å². The second-order valence-corrected chi connectivity index (χ2v) is 5.85. The summed E-state index contributed by atoms with van der Waals surface area (Å²) in [4.78, 5) is 11.9. The summed E-state index contributed by atoms with van der Waals surface area (Å²) in [6.07, 6.45) is 3.53. The van der Waals surface area contributed by atoms with E-state index in [0.29, 0.717) is 19.6 Å². The summed E-state index contributed by atoms with van der Waals surface area (Å²) in [5.74, 6) is -0.354. The van der Waals surface area contributed by atoms with Gasteiger partial charge in [0.05, 0.1) is 19.8 Å². The summed E-state index contributed by atoms with van der Waals surface area (Å²) < 4.78 is 22.4. The molecule has 0 aromatic heterocycles. The van der Waals surface area contributed by atoms with Crippen LogP contribution in [0.5, 0.6) is 0 Å². The fourth-order valence-electron chi connectivity index (χ4n) is 2.84. The van der Waals surface area contributed by atoms with E-state index in [1.54, 1.807) is 0 Å². The molecule has 1 aromatic rings. The van der Waals surface area contributed by atoms with Gasteiger partial charge in [-0.25, -0.2) is 4.79 Å². The first-order valence-electron chi connectivity index (χ1n) is 7.97. The zero-order valence-corrected chi connectivity index (χ0v) is 13.1. The van der Waals surface area contributed by atoms with Crippen LogP contribution in [0.1, 0.15) is 24.8 Å². The molecule has 0 spiro atoms. The lowest BCUT2D eigenvalue weighted by Crippen LogP contribution is -2.63. The fraction of sp³-hybridized carbons (Fsp3) is 0.500. The third kappa shape index (κ3) is 3.47. The number of unbranched alkanes of at least 4 members (excludes halogenated alkanes) is 1. The van der Waals surface area contributed by atoms with Crippen LogP contribution in [-0.2, 0) is 30.3 Å². The maximum absolute atomic E-state index is 11.9. The van der Waals surface area contributed by atoms with E-state index in [1.807, 2.05) is 36.4 Å². The average Bonchev–Trinajstić information content (AvgIpc) is 2.85. The van der Waals surface area contributed by atoms with Crippen LogP contribution in [0.15, 0.2) is 43.0 Å². The van der Waals surface area contributed by atoms with Gasteiger partial charge in [0.25, 0.3) is 0 Å². The minimum absolute atomic E-state index is 0.192. The molecule has 2 heterocycles. The predicted octanol–water partition coefficient (Wildman–Crippen LogP) is 2.60. The topological polar surface area (TPSA) is 54.0 Å². The normalized spacial score (nSPS) is 28.8. The molecule has 0 N–H and O–H groups in total. The number of rotatable bonds is 9. The van der Waals surface area contributed by atoms with Crippen LogP contribution >= 0.6 is 0 Å². The van der Waals surface area contributed by atoms with Crippen LogP contribution < -0.4 is 0 Å². The van der Waals surface area contributed by atoms with Crippen molar-refractivity contribution in [1.29, 1.82) is 0 Å². The molecule has 1 aromatic carbocycles. The van der Waals surface area contributed by atoms with Crippen molar-refractivity contribution in [3.05, 3.63) is 48.6 Å². The van der Waals surface area contributed by atoms with Crippen LogP contribution in [0.25, 0.3) is 0 Å². The van der Waals surface area contributed by atoms with Gasteiger partial charge < -0.3 is 18.9 Å². The molecule has 0 bridgehead atoms. The van der Waals surface area contributed by atoms with Crippen molar-refractivity contribution >= 4 is 5.97 Å². The molecule has 2 aliphatic rings. The van der Waals surface area contributed by atoms with Crippen LogP contribution in [-0.4, -0.2) is 37.2 Å². The minimum atomic E-state index is -0.988. The Kier molecular flexibility index (Phi) is 5.10. The van der Waals surface area contributed by atoms with Crippen molar-refractivity contribution in [2.24, 2.45) is 0 Å². The van der Waals surface area contributed by atoms with E-state index < -0.39 is 11.9 Å².